The van der Waals surface area contributed by atoms with Crippen molar-refractivity contribution in [2.45, 2.75) is 291 Å². The molecule has 67 heavy (non-hydrogen) atoms. The van der Waals surface area contributed by atoms with Crippen LogP contribution >= 0.6 is 0 Å². The van der Waals surface area contributed by atoms with E-state index < -0.39 is 0 Å². The number of hydrogen-bond acceptors (Lipinski definition) is 7. The Labute approximate surface area is 418 Å². The van der Waals surface area contributed by atoms with Crippen molar-refractivity contribution in [3.05, 3.63) is 0 Å². The lowest BCUT2D eigenvalue weighted by atomic mass is 9.96. The molecule has 2 atom stereocenters. The van der Waals surface area contributed by atoms with Crippen LogP contribution in [0.1, 0.15) is 291 Å². The van der Waals surface area contributed by atoms with Gasteiger partial charge in [0, 0.05) is 38.9 Å². The predicted molar refractivity (Wildman–Crippen MR) is 289 cm³/mol. The van der Waals surface area contributed by atoms with E-state index in [0.29, 0.717) is 44.3 Å². The van der Waals surface area contributed by atoms with Gasteiger partial charge < -0.3 is 24.6 Å². The first-order valence-corrected chi connectivity index (χ1v) is 29.8. The van der Waals surface area contributed by atoms with E-state index in [0.717, 1.165) is 84.2 Å². The van der Waals surface area contributed by atoms with Crippen LogP contribution in [-0.2, 0) is 23.9 Å². The number of nitrogens with zero attached hydrogens (tertiary/aromatic N) is 2. The van der Waals surface area contributed by atoms with Crippen LogP contribution in [0.5, 0.6) is 0 Å². The highest BCUT2D eigenvalue weighted by Crippen LogP contribution is 2.20. The summed E-state index contributed by atoms with van der Waals surface area (Å²) in [6.07, 6.45) is 46.5. The maximum absolute atomic E-state index is 12.5. The van der Waals surface area contributed by atoms with Crippen molar-refractivity contribution in [1.29, 1.82) is 0 Å². The highest BCUT2D eigenvalue weighted by Gasteiger charge is 2.14. The van der Waals surface area contributed by atoms with Gasteiger partial charge in [0.15, 0.2) is 0 Å². The van der Waals surface area contributed by atoms with Crippen molar-refractivity contribution >= 4 is 17.8 Å². The molecule has 0 aromatic carbocycles. The molecular formula is C59H117N3O5. The number of rotatable bonds is 54. The number of esters is 2. The number of hydrogen-bond donors (Lipinski definition) is 1. The van der Waals surface area contributed by atoms with Crippen LogP contribution in [0.3, 0.4) is 0 Å². The Morgan fingerprint density at radius 3 is 1.18 bits per heavy atom. The molecule has 0 saturated carbocycles. The molecule has 0 aliphatic rings. The van der Waals surface area contributed by atoms with Gasteiger partial charge in [-0.1, -0.05) is 202 Å². The quantitative estimate of drug-likeness (QED) is 0.0480. The van der Waals surface area contributed by atoms with Gasteiger partial charge in [-0.3, -0.25) is 14.4 Å². The number of amides is 1. The smallest absolute Gasteiger partial charge is 0.305 e. The van der Waals surface area contributed by atoms with Gasteiger partial charge >= 0.3 is 11.9 Å². The number of carbonyl (C=O) groups excluding carboxylic acids is 3. The van der Waals surface area contributed by atoms with Gasteiger partial charge in [0.25, 0.3) is 0 Å². The predicted octanol–water partition coefficient (Wildman–Crippen LogP) is 16.4. The second-order valence-corrected chi connectivity index (χ2v) is 20.9. The molecule has 0 aliphatic heterocycles. The zero-order valence-corrected chi connectivity index (χ0v) is 46.0. The minimum atomic E-state index is 0.00563. The van der Waals surface area contributed by atoms with Gasteiger partial charge in [0.2, 0.25) is 5.91 Å². The molecule has 1 N–H and O–H groups in total. The fourth-order valence-electron chi connectivity index (χ4n) is 9.34. The van der Waals surface area contributed by atoms with Crippen molar-refractivity contribution < 1.29 is 23.9 Å². The Morgan fingerprint density at radius 1 is 0.373 bits per heavy atom. The summed E-state index contributed by atoms with van der Waals surface area (Å²) >= 11 is 0. The maximum atomic E-state index is 12.5. The molecule has 0 saturated heterocycles. The fourth-order valence-corrected chi connectivity index (χ4v) is 9.34. The minimum absolute atomic E-state index is 0.00563. The lowest BCUT2D eigenvalue weighted by Crippen LogP contribution is -2.35. The zero-order chi connectivity index (χ0) is 49.1. The fraction of sp³-hybridized carbons (Fsp3) is 0.949. The van der Waals surface area contributed by atoms with Crippen molar-refractivity contribution in [2.24, 2.45) is 11.8 Å². The first-order chi connectivity index (χ1) is 32.8. The molecule has 398 valence electrons. The first kappa shape index (κ1) is 65.3. The van der Waals surface area contributed by atoms with E-state index in [2.05, 4.69) is 56.8 Å². The SMILES string of the molecule is CCCCCCCCCC(=O)NCCCCN(C)CCN(CCCCCCCCC(=O)OCC(CCCC)CCCCCC)CCCCCCCCC(=O)OCC(CCCC)CCCCCC. The molecule has 0 bridgehead atoms. The van der Waals surface area contributed by atoms with E-state index in [-0.39, 0.29) is 17.8 Å². The van der Waals surface area contributed by atoms with Crippen LogP contribution in [0.2, 0.25) is 0 Å². The minimum Gasteiger partial charge on any atom is -0.465 e. The third-order valence-corrected chi connectivity index (χ3v) is 14.1. The zero-order valence-electron chi connectivity index (χ0n) is 46.0. The summed E-state index contributed by atoms with van der Waals surface area (Å²) < 4.78 is 11.5. The van der Waals surface area contributed by atoms with Crippen LogP contribution in [0.25, 0.3) is 0 Å². The van der Waals surface area contributed by atoms with E-state index in [1.54, 1.807) is 0 Å². The highest BCUT2D eigenvalue weighted by atomic mass is 16.5. The molecule has 0 aromatic rings. The van der Waals surface area contributed by atoms with Crippen LogP contribution in [0.15, 0.2) is 0 Å². The summed E-state index contributed by atoms with van der Waals surface area (Å²) in [6, 6.07) is 0. The molecule has 0 heterocycles. The lowest BCUT2D eigenvalue weighted by Gasteiger charge is -2.26. The van der Waals surface area contributed by atoms with Crippen molar-refractivity contribution in [2.75, 3.05) is 59.5 Å². The first-order valence-electron chi connectivity index (χ1n) is 29.8. The third kappa shape index (κ3) is 47.8. The monoisotopic (exact) mass is 948 g/mol. The molecule has 2 unspecified atom stereocenters. The number of likely N-dealkylation sites (N-methyl/N-ethyl adjacent to an activating group) is 1. The van der Waals surface area contributed by atoms with Gasteiger partial charge in [0.1, 0.15) is 0 Å². The number of ether oxygens (including phenoxy) is 2. The highest BCUT2D eigenvalue weighted by molar-refractivity contribution is 5.75. The topological polar surface area (TPSA) is 88.2 Å². The molecule has 0 fully saturated rings. The summed E-state index contributed by atoms with van der Waals surface area (Å²) in [6.45, 7) is 18.9. The van der Waals surface area contributed by atoms with E-state index in [4.69, 9.17) is 9.47 Å². The van der Waals surface area contributed by atoms with E-state index in [1.165, 1.54) is 193 Å². The Morgan fingerprint density at radius 2 is 0.731 bits per heavy atom. The van der Waals surface area contributed by atoms with Gasteiger partial charge in [-0.15, -0.1) is 0 Å². The maximum Gasteiger partial charge on any atom is 0.305 e. The van der Waals surface area contributed by atoms with Crippen LogP contribution in [0.4, 0.5) is 0 Å². The van der Waals surface area contributed by atoms with Crippen molar-refractivity contribution in [1.82, 2.24) is 15.1 Å². The molecule has 0 rings (SSSR count). The van der Waals surface area contributed by atoms with Gasteiger partial charge in [-0.25, -0.2) is 0 Å². The summed E-state index contributed by atoms with van der Waals surface area (Å²) in [5, 5.41) is 3.16. The lowest BCUT2D eigenvalue weighted by molar-refractivity contribution is -0.146. The number of carbonyl (C=O) groups is 3. The van der Waals surface area contributed by atoms with E-state index >= 15 is 0 Å². The Bertz CT molecular complexity index is 1000. The normalized spacial score (nSPS) is 12.5. The molecule has 0 aromatic heterocycles. The molecule has 8 nitrogen and oxygen atoms in total. The number of unbranched alkanes of at least 4 members (excludes halogenated alkanes) is 25. The Hall–Kier alpha value is -1.67. The molecule has 0 radical (unpaired) electrons. The molecule has 1 amide bonds. The van der Waals surface area contributed by atoms with Crippen LogP contribution < -0.4 is 5.32 Å². The number of nitrogens with one attached hydrogen (secondary N) is 1. The largest absolute Gasteiger partial charge is 0.465 e. The average Bonchev–Trinajstić information content (AvgIpc) is 3.32. The molecule has 8 heteroatoms. The second kappa shape index (κ2) is 52.2. The standard InChI is InChI=1S/C59H117N3O5/c1-7-12-17-20-21-26-33-44-57(63)60-47-36-39-48-61(6)51-52-62(49-37-29-24-22-27-34-45-58(64)66-53-55(40-15-10-4)42-31-18-13-8-2)50-38-30-25-23-28-35-46-59(65)67-54-56(41-16-11-5)43-32-19-14-9-3/h55-56H,7-54H2,1-6H3,(H,60,63). The summed E-state index contributed by atoms with van der Waals surface area (Å²) in [5.74, 6) is 1.30. The second-order valence-electron chi connectivity index (χ2n) is 20.9. The summed E-state index contributed by atoms with van der Waals surface area (Å²) in [7, 11) is 2.25. The van der Waals surface area contributed by atoms with Crippen molar-refractivity contribution in [3.63, 3.8) is 0 Å². The molecule has 0 spiro atoms. The Balaban J connectivity index is 4.57. The van der Waals surface area contributed by atoms with Gasteiger partial charge in [-0.2, -0.15) is 0 Å². The third-order valence-electron chi connectivity index (χ3n) is 14.1. The van der Waals surface area contributed by atoms with Crippen LogP contribution in [0, 0.1) is 11.8 Å². The van der Waals surface area contributed by atoms with Crippen LogP contribution in [-0.4, -0.2) is 87.2 Å². The molecular weight excluding hydrogens is 831 g/mol. The van der Waals surface area contributed by atoms with Gasteiger partial charge in [-0.05, 0) is 109 Å². The van der Waals surface area contributed by atoms with E-state index in [1.807, 2.05) is 0 Å². The van der Waals surface area contributed by atoms with Gasteiger partial charge in [0.05, 0.1) is 13.2 Å². The molecule has 0 aliphatic carbocycles. The Kier molecular flexibility index (Phi) is 50.9. The van der Waals surface area contributed by atoms with E-state index in [9.17, 15) is 14.4 Å². The van der Waals surface area contributed by atoms with Crippen molar-refractivity contribution in [3.8, 4) is 0 Å². The summed E-state index contributed by atoms with van der Waals surface area (Å²) in [5.41, 5.74) is 0. The summed E-state index contributed by atoms with van der Waals surface area (Å²) in [4.78, 5) is 42.5. The average molecular weight is 949 g/mol.